The fourth-order valence-corrected chi connectivity index (χ4v) is 1.46. The van der Waals surface area contributed by atoms with Gasteiger partial charge in [0.15, 0.2) is 0 Å². The Labute approximate surface area is 78.8 Å². The molecule has 1 aliphatic rings. The summed E-state index contributed by atoms with van der Waals surface area (Å²) in [5, 5.41) is 0. The summed E-state index contributed by atoms with van der Waals surface area (Å²) in [6.07, 6.45) is 1.49. The minimum absolute atomic E-state index is 0.461. The Morgan fingerprint density at radius 2 is 2.15 bits per heavy atom. The van der Waals surface area contributed by atoms with Crippen molar-refractivity contribution in [1.29, 1.82) is 0 Å². The molecule has 0 unspecified atom stereocenters. The number of nitrogens with zero attached hydrogens (tertiary/aromatic N) is 1. The average Bonchev–Trinajstić information content (AvgIpc) is 2.16. The predicted molar refractivity (Wildman–Crippen MR) is 48.0 cm³/mol. The Kier molecular flexibility index (Phi) is 4.02. The van der Waals surface area contributed by atoms with E-state index in [2.05, 4.69) is 23.8 Å². The lowest BCUT2D eigenvalue weighted by molar-refractivity contribution is 0.0573. The first-order chi connectivity index (χ1) is 6.22. The van der Waals surface area contributed by atoms with E-state index in [1.54, 1.807) is 0 Å². The summed E-state index contributed by atoms with van der Waals surface area (Å²) >= 11 is 0. The fraction of sp³-hybridized carbons (Fsp3) is 0.778. The molecule has 0 amide bonds. The first-order valence-electron chi connectivity index (χ1n) is 4.49. The largest absolute Gasteiger partial charge is 0.508 e. The second-order valence-electron chi connectivity index (χ2n) is 3.45. The Bertz CT molecular complexity index is 164. The van der Waals surface area contributed by atoms with Gasteiger partial charge in [0.1, 0.15) is 7.11 Å². The smallest absolute Gasteiger partial charge is 0.434 e. The quantitative estimate of drug-likeness (QED) is 0.609. The molecule has 4 heteroatoms. The van der Waals surface area contributed by atoms with Crippen LogP contribution in [-0.2, 0) is 9.47 Å². The van der Waals surface area contributed by atoms with Crippen molar-refractivity contribution in [3.05, 3.63) is 7.11 Å². The van der Waals surface area contributed by atoms with Crippen LogP contribution in [0.5, 0.6) is 0 Å². The Morgan fingerprint density at radius 3 is 2.69 bits per heavy atom. The summed E-state index contributed by atoms with van der Waals surface area (Å²) in [6.45, 7) is 2.61. The standard InChI is InChI=1S/C9H16NO3/c1-10-5-3-8(4-6-10)7-13-9(11)12-2/h8H,2-7H2,1H3. The van der Waals surface area contributed by atoms with Crippen LogP contribution in [0.2, 0.25) is 0 Å². The first-order valence-corrected chi connectivity index (χ1v) is 4.49. The van der Waals surface area contributed by atoms with E-state index >= 15 is 0 Å². The van der Waals surface area contributed by atoms with Gasteiger partial charge in [0.2, 0.25) is 0 Å². The number of piperidine rings is 1. The highest BCUT2D eigenvalue weighted by molar-refractivity contribution is 5.59. The third-order valence-electron chi connectivity index (χ3n) is 2.39. The van der Waals surface area contributed by atoms with Crippen molar-refractivity contribution in [2.24, 2.45) is 5.92 Å². The maximum Gasteiger partial charge on any atom is 0.508 e. The Hall–Kier alpha value is -0.770. The molecule has 13 heavy (non-hydrogen) atoms. The monoisotopic (exact) mass is 186 g/mol. The second-order valence-corrected chi connectivity index (χ2v) is 3.45. The van der Waals surface area contributed by atoms with Crippen LogP contribution in [0.4, 0.5) is 4.79 Å². The topological polar surface area (TPSA) is 38.8 Å². The molecule has 1 saturated heterocycles. The molecular formula is C9H16NO3. The minimum atomic E-state index is -0.682. The summed E-state index contributed by atoms with van der Waals surface area (Å²) in [5.74, 6) is 0.482. The highest BCUT2D eigenvalue weighted by atomic mass is 16.7. The van der Waals surface area contributed by atoms with Crippen LogP contribution in [-0.4, -0.2) is 37.8 Å². The molecule has 0 saturated carbocycles. The number of rotatable bonds is 2. The van der Waals surface area contributed by atoms with E-state index in [9.17, 15) is 4.79 Å². The van der Waals surface area contributed by atoms with Crippen molar-refractivity contribution in [1.82, 2.24) is 4.90 Å². The van der Waals surface area contributed by atoms with Crippen LogP contribution in [0.3, 0.4) is 0 Å². The normalized spacial score (nSPS) is 19.8. The molecule has 0 aromatic rings. The van der Waals surface area contributed by atoms with Crippen LogP contribution >= 0.6 is 0 Å². The zero-order valence-corrected chi connectivity index (χ0v) is 7.99. The minimum Gasteiger partial charge on any atom is -0.434 e. The number of carbonyl (C=O) groups excluding carboxylic acids is 1. The molecule has 0 spiro atoms. The van der Waals surface area contributed by atoms with E-state index < -0.39 is 6.16 Å². The van der Waals surface area contributed by atoms with Crippen molar-refractivity contribution >= 4 is 6.16 Å². The number of carbonyl (C=O) groups is 1. The summed E-state index contributed by atoms with van der Waals surface area (Å²) in [6, 6.07) is 0. The molecule has 1 radical (unpaired) electrons. The van der Waals surface area contributed by atoms with Gasteiger partial charge in [-0.1, -0.05) is 0 Å². The molecule has 0 aromatic carbocycles. The van der Waals surface area contributed by atoms with Gasteiger partial charge in [-0.05, 0) is 38.9 Å². The zero-order valence-electron chi connectivity index (χ0n) is 7.99. The second kappa shape index (κ2) is 5.07. The van der Waals surface area contributed by atoms with E-state index in [1.807, 2.05) is 0 Å². The van der Waals surface area contributed by atoms with Gasteiger partial charge in [-0.3, -0.25) is 0 Å². The van der Waals surface area contributed by atoms with Gasteiger partial charge >= 0.3 is 6.16 Å². The van der Waals surface area contributed by atoms with Crippen LogP contribution in [0.25, 0.3) is 0 Å². The average molecular weight is 186 g/mol. The van der Waals surface area contributed by atoms with Gasteiger partial charge in [-0.25, -0.2) is 4.79 Å². The molecule has 0 bridgehead atoms. The molecule has 1 fully saturated rings. The van der Waals surface area contributed by atoms with Gasteiger partial charge in [-0.15, -0.1) is 0 Å². The lowest BCUT2D eigenvalue weighted by Gasteiger charge is -2.28. The highest BCUT2D eigenvalue weighted by Gasteiger charge is 2.18. The Morgan fingerprint density at radius 1 is 1.54 bits per heavy atom. The van der Waals surface area contributed by atoms with Gasteiger partial charge in [0, 0.05) is 0 Å². The number of hydrogen-bond donors (Lipinski definition) is 0. The maximum atomic E-state index is 10.6. The Balaban J connectivity index is 2.12. The SMILES string of the molecule is [CH2]OC(=O)OCC1CCN(C)CC1. The summed E-state index contributed by atoms with van der Waals surface area (Å²) in [5.41, 5.74) is 0. The fourth-order valence-electron chi connectivity index (χ4n) is 1.46. The number of ether oxygens (including phenoxy) is 2. The van der Waals surface area contributed by atoms with E-state index in [1.165, 1.54) is 0 Å². The van der Waals surface area contributed by atoms with E-state index in [-0.39, 0.29) is 0 Å². The van der Waals surface area contributed by atoms with Gasteiger partial charge in [0.25, 0.3) is 0 Å². The molecular weight excluding hydrogens is 170 g/mol. The molecule has 0 aromatic heterocycles. The molecule has 0 atom stereocenters. The lowest BCUT2D eigenvalue weighted by Crippen LogP contribution is -2.32. The molecule has 4 nitrogen and oxygen atoms in total. The summed E-state index contributed by atoms with van der Waals surface area (Å²) < 4.78 is 8.96. The highest BCUT2D eigenvalue weighted by Crippen LogP contribution is 2.16. The van der Waals surface area contributed by atoms with Gasteiger partial charge in [-0.2, -0.15) is 0 Å². The van der Waals surface area contributed by atoms with Crippen LogP contribution < -0.4 is 0 Å². The number of likely N-dealkylation sites (tertiary alicyclic amines) is 1. The summed E-state index contributed by atoms with van der Waals surface area (Å²) in [7, 11) is 5.08. The van der Waals surface area contributed by atoms with Crippen molar-refractivity contribution in [3.8, 4) is 0 Å². The van der Waals surface area contributed by atoms with Crippen molar-refractivity contribution in [2.45, 2.75) is 12.8 Å². The molecule has 1 aliphatic heterocycles. The molecule has 0 aliphatic carbocycles. The first kappa shape index (κ1) is 10.3. The molecule has 1 rings (SSSR count). The van der Waals surface area contributed by atoms with E-state index in [0.717, 1.165) is 25.9 Å². The van der Waals surface area contributed by atoms with Crippen LogP contribution in [0.1, 0.15) is 12.8 Å². The van der Waals surface area contributed by atoms with Gasteiger partial charge in [0.05, 0.1) is 6.61 Å². The lowest BCUT2D eigenvalue weighted by atomic mass is 9.98. The van der Waals surface area contributed by atoms with Crippen molar-refractivity contribution < 1.29 is 14.3 Å². The third-order valence-corrected chi connectivity index (χ3v) is 2.39. The maximum absolute atomic E-state index is 10.6. The molecule has 75 valence electrons. The molecule has 0 N–H and O–H groups in total. The van der Waals surface area contributed by atoms with Crippen LogP contribution in [0, 0.1) is 13.0 Å². The van der Waals surface area contributed by atoms with E-state index in [4.69, 9.17) is 4.74 Å². The zero-order chi connectivity index (χ0) is 9.68. The van der Waals surface area contributed by atoms with E-state index in [0.29, 0.717) is 12.5 Å². The predicted octanol–water partition coefficient (Wildman–Crippen LogP) is 1.27. The van der Waals surface area contributed by atoms with Crippen LogP contribution in [0.15, 0.2) is 0 Å². The third kappa shape index (κ3) is 3.63. The number of hydrogen-bond acceptors (Lipinski definition) is 4. The summed E-state index contributed by atoms with van der Waals surface area (Å²) in [4.78, 5) is 12.9. The van der Waals surface area contributed by atoms with Crippen molar-refractivity contribution in [2.75, 3.05) is 26.7 Å². The molecule has 1 heterocycles. The van der Waals surface area contributed by atoms with Gasteiger partial charge < -0.3 is 14.4 Å². The van der Waals surface area contributed by atoms with Crippen molar-refractivity contribution in [3.63, 3.8) is 0 Å².